The highest BCUT2D eigenvalue weighted by molar-refractivity contribution is 5.79. The number of nitrogen functional groups attached to an aromatic ring is 1. The van der Waals surface area contributed by atoms with Gasteiger partial charge >= 0.3 is 6.09 Å². The molecule has 1 aliphatic carbocycles. The number of carbonyl (C=O) groups excluding carboxylic acids is 1. The van der Waals surface area contributed by atoms with Crippen LogP contribution in [0.2, 0.25) is 0 Å². The molecular weight excluding hydrogens is 386 g/mol. The van der Waals surface area contributed by atoms with Crippen LogP contribution in [0.25, 0.3) is 17.2 Å². The summed E-state index contributed by atoms with van der Waals surface area (Å²) in [4.78, 5) is 16.5. The van der Waals surface area contributed by atoms with Crippen LogP contribution in [0.1, 0.15) is 40.3 Å². The number of rotatable bonds is 6. The summed E-state index contributed by atoms with van der Waals surface area (Å²) in [6, 6.07) is 18.5. The maximum Gasteiger partial charge on any atom is 0.407 e. The van der Waals surface area contributed by atoms with E-state index >= 15 is 0 Å². The Morgan fingerprint density at radius 1 is 1.10 bits per heavy atom. The molecular formula is C26H27N3O2. The van der Waals surface area contributed by atoms with E-state index in [2.05, 4.69) is 34.6 Å². The molecule has 1 aliphatic rings. The second-order valence-corrected chi connectivity index (χ2v) is 7.81. The van der Waals surface area contributed by atoms with Gasteiger partial charge in [-0.05, 0) is 59.7 Å². The van der Waals surface area contributed by atoms with Gasteiger partial charge in [0.05, 0.1) is 0 Å². The van der Waals surface area contributed by atoms with Crippen molar-refractivity contribution in [3.8, 4) is 11.1 Å². The van der Waals surface area contributed by atoms with Crippen LogP contribution in [0.15, 0.2) is 60.7 Å². The minimum atomic E-state index is -0.392. The molecule has 0 saturated carbocycles. The van der Waals surface area contributed by atoms with Crippen LogP contribution < -0.4 is 11.1 Å². The van der Waals surface area contributed by atoms with Crippen LogP contribution in [0.4, 0.5) is 10.6 Å². The Bertz CT molecular complexity index is 1070. The Labute approximate surface area is 183 Å². The molecule has 2 aromatic carbocycles. The van der Waals surface area contributed by atoms with E-state index in [1.807, 2.05) is 56.3 Å². The number of benzene rings is 2. The van der Waals surface area contributed by atoms with Crippen molar-refractivity contribution >= 4 is 18.0 Å². The zero-order valence-electron chi connectivity index (χ0n) is 17.9. The number of anilines is 1. The van der Waals surface area contributed by atoms with E-state index in [0.717, 1.165) is 16.8 Å². The molecule has 0 spiro atoms. The number of aromatic nitrogens is 1. The molecule has 1 amide bonds. The highest BCUT2D eigenvalue weighted by atomic mass is 16.5. The van der Waals surface area contributed by atoms with Gasteiger partial charge in [0.15, 0.2) is 0 Å². The average molecular weight is 414 g/mol. The monoisotopic (exact) mass is 413 g/mol. The molecule has 5 heteroatoms. The molecule has 31 heavy (non-hydrogen) atoms. The lowest BCUT2D eigenvalue weighted by atomic mass is 9.98. The van der Waals surface area contributed by atoms with Crippen LogP contribution in [0.5, 0.6) is 0 Å². The summed E-state index contributed by atoms with van der Waals surface area (Å²) in [5, 5.41) is 2.83. The Balaban J connectivity index is 1.29. The van der Waals surface area contributed by atoms with Crippen molar-refractivity contribution in [2.24, 2.45) is 0 Å². The molecule has 0 radical (unpaired) electrons. The number of alkyl carbamates (subject to hydrolysis) is 1. The predicted octanol–water partition coefficient (Wildman–Crippen LogP) is 5.22. The van der Waals surface area contributed by atoms with Crippen molar-refractivity contribution in [1.29, 1.82) is 0 Å². The molecule has 5 nitrogen and oxygen atoms in total. The first-order chi connectivity index (χ1) is 15.0. The largest absolute Gasteiger partial charge is 0.449 e. The quantitative estimate of drug-likeness (QED) is 0.543. The summed E-state index contributed by atoms with van der Waals surface area (Å²) in [6.07, 6.45) is 4.36. The van der Waals surface area contributed by atoms with Gasteiger partial charge in [-0.15, -0.1) is 0 Å². The molecule has 3 aromatic rings. The first-order valence-corrected chi connectivity index (χ1v) is 10.5. The van der Waals surface area contributed by atoms with Crippen LogP contribution in [0.3, 0.4) is 0 Å². The third kappa shape index (κ3) is 4.45. The molecule has 3 N–H and O–H groups in total. The SMILES string of the molecule is Cc1cc(N)nc(C)c1C=CCCNC(=O)OCC1c2ccccc2-c2ccccc21. The third-order valence-corrected chi connectivity index (χ3v) is 5.68. The number of amides is 1. The molecule has 1 aromatic heterocycles. The van der Waals surface area contributed by atoms with Crippen molar-refractivity contribution in [3.63, 3.8) is 0 Å². The molecule has 0 aliphatic heterocycles. The summed E-state index contributed by atoms with van der Waals surface area (Å²) in [7, 11) is 0. The van der Waals surface area contributed by atoms with E-state index < -0.39 is 6.09 Å². The molecule has 1 heterocycles. The first-order valence-electron chi connectivity index (χ1n) is 10.5. The third-order valence-electron chi connectivity index (χ3n) is 5.68. The maximum atomic E-state index is 12.2. The number of hydrogen-bond donors (Lipinski definition) is 2. The van der Waals surface area contributed by atoms with E-state index in [4.69, 9.17) is 10.5 Å². The fraction of sp³-hybridized carbons (Fsp3) is 0.231. The first kappa shape index (κ1) is 20.7. The van der Waals surface area contributed by atoms with E-state index in [1.165, 1.54) is 22.3 Å². The molecule has 0 unspecified atom stereocenters. The maximum absolute atomic E-state index is 12.2. The van der Waals surface area contributed by atoms with Gasteiger partial charge in [-0.3, -0.25) is 0 Å². The predicted molar refractivity (Wildman–Crippen MR) is 125 cm³/mol. The lowest BCUT2D eigenvalue weighted by molar-refractivity contribution is 0.143. The second kappa shape index (κ2) is 9.04. The fourth-order valence-corrected chi connectivity index (χ4v) is 4.23. The van der Waals surface area contributed by atoms with Crippen LogP contribution in [-0.4, -0.2) is 24.2 Å². The minimum Gasteiger partial charge on any atom is -0.449 e. The summed E-state index contributed by atoms with van der Waals surface area (Å²) in [6.45, 7) is 4.79. The number of fused-ring (bicyclic) bond motifs is 3. The average Bonchev–Trinajstić information content (AvgIpc) is 3.07. The van der Waals surface area contributed by atoms with Crippen LogP contribution in [-0.2, 0) is 4.74 Å². The Morgan fingerprint density at radius 2 is 1.74 bits per heavy atom. The van der Waals surface area contributed by atoms with Gasteiger partial charge in [-0.1, -0.05) is 60.7 Å². The Hall–Kier alpha value is -3.60. The van der Waals surface area contributed by atoms with Crippen molar-refractivity contribution in [2.75, 3.05) is 18.9 Å². The number of pyridine rings is 1. The molecule has 0 fully saturated rings. The number of carbonyl (C=O) groups is 1. The number of aryl methyl sites for hydroxylation is 2. The van der Waals surface area contributed by atoms with E-state index in [-0.39, 0.29) is 5.92 Å². The number of nitrogens with one attached hydrogen (secondary N) is 1. The molecule has 4 rings (SSSR count). The lowest BCUT2D eigenvalue weighted by Gasteiger charge is -2.14. The summed E-state index contributed by atoms with van der Waals surface area (Å²) >= 11 is 0. The topological polar surface area (TPSA) is 77.2 Å². The summed E-state index contributed by atoms with van der Waals surface area (Å²) < 4.78 is 5.56. The van der Waals surface area contributed by atoms with Crippen molar-refractivity contribution in [3.05, 3.63) is 88.6 Å². The summed E-state index contributed by atoms with van der Waals surface area (Å²) in [5.74, 6) is 0.603. The van der Waals surface area contributed by atoms with E-state index in [1.54, 1.807) is 0 Å². The van der Waals surface area contributed by atoms with Crippen molar-refractivity contribution in [1.82, 2.24) is 10.3 Å². The number of nitrogens with two attached hydrogens (primary N) is 1. The van der Waals surface area contributed by atoms with Crippen molar-refractivity contribution in [2.45, 2.75) is 26.2 Å². The van der Waals surface area contributed by atoms with Crippen LogP contribution >= 0.6 is 0 Å². The number of ether oxygens (including phenoxy) is 1. The van der Waals surface area contributed by atoms with Gasteiger partial charge in [0.25, 0.3) is 0 Å². The zero-order valence-corrected chi connectivity index (χ0v) is 17.9. The summed E-state index contributed by atoms with van der Waals surface area (Å²) in [5.41, 5.74) is 13.7. The second-order valence-electron chi connectivity index (χ2n) is 7.81. The highest BCUT2D eigenvalue weighted by Crippen LogP contribution is 2.44. The normalized spacial score (nSPS) is 12.6. The molecule has 158 valence electrons. The van der Waals surface area contributed by atoms with E-state index in [9.17, 15) is 4.79 Å². The van der Waals surface area contributed by atoms with Crippen LogP contribution in [0, 0.1) is 13.8 Å². The fourth-order valence-electron chi connectivity index (χ4n) is 4.23. The molecule has 0 atom stereocenters. The standard InChI is InChI=1S/C26H27N3O2/c1-17-15-25(27)29-18(2)19(17)9-7-8-14-28-26(30)31-16-24-22-12-5-3-10-20(22)21-11-4-6-13-23(21)24/h3-7,9-13,15,24H,8,14,16H2,1-2H3,(H2,27,29)(H,28,30). The molecule has 0 bridgehead atoms. The minimum absolute atomic E-state index is 0.0713. The molecule has 0 saturated heterocycles. The smallest absolute Gasteiger partial charge is 0.407 e. The lowest BCUT2D eigenvalue weighted by Crippen LogP contribution is -2.26. The Kier molecular flexibility index (Phi) is 6.03. The van der Waals surface area contributed by atoms with Gasteiger partial charge < -0.3 is 15.8 Å². The van der Waals surface area contributed by atoms with Gasteiger partial charge in [0.1, 0.15) is 12.4 Å². The van der Waals surface area contributed by atoms with Gasteiger partial charge in [0.2, 0.25) is 0 Å². The Morgan fingerprint density at radius 3 is 2.39 bits per heavy atom. The van der Waals surface area contributed by atoms with Crippen molar-refractivity contribution < 1.29 is 9.53 Å². The highest BCUT2D eigenvalue weighted by Gasteiger charge is 2.28. The zero-order chi connectivity index (χ0) is 21.8. The van der Waals surface area contributed by atoms with Gasteiger partial charge in [-0.25, -0.2) is 9.78 Å². The van der Waals surface area contributed by atoms with E-state index in [0.29, 0.717) is 25.4 Å². The number of hydrogen-bond acceptors (Lipinski definition) is 4. The van der Waals surface area contributed by atoms with Gasteiger partial charge in [-0.2, -0.15) is 0 Å². The van der Waals surface area contributed by atoms with Gasteiger partial charge in [0, 0.05) is 18.2 Å². The number of nitrogens with zero attached hydrogens (tertiary/aromatic N) is 1.